The smallest absolute Gasteiger partial charge is 0.275 e. The molecule has 1 N–H and O–H groups in total. The Balaban J connectivity index is 1.55. The molecule has 0 saturated carbocycles. The summed E-state index contributed by atoms with van der Waals surface area (Å²) in [5.41, 5.74) is 1.97. The van der Waals surface area contributed by atoms with Crippen molar-refractivity contribution in [2.75, 3.05) is 5.32 Å². The Hall–Kier alpha value is -4.17. The number of anilines is 1. The maximum absolute atomic E-state index is 14.4. The largest absolute Gasteiger partial charge is 0.321 e. The second kappa shape index (κ2) is 8.64. The number of benzene rings is 2. The molecule has 1 amide bonds. The normalized spacial score (nSPS) is 11.1. The predicted molar refractivity (Wildman–Crippen MR) is 123 cm³/mol. The third-order valence-electron chi connectivity index (χ3n) is 5.20. The van der Waals surface area contributed by atoms with Crippen LogP contribution in [0.4, 0.5) is 18.9 Å². The third-order valence-corrected chi connectivity index (χ3v) is 5.51. The van der Waals surface area contributed by atoms with E-state index in [0.29, 0.717) is 22.5 Å². The first kappa shape index (κ1) is 21.7. The van der Waals surface area contributed by atoms with Crippen LogP contribution in [0, 0.1) is 17.5 Å². The summed E-state index contributed by atoms with van der Waals surface area (Å²) in [6.07, 6.45) is 3.19. The average molecular weight is 479 g/mol. The number of carbonyl (C=O) groups excluding carboxylic acids is 1. The van der Waals surface area contributed by atoms with E-state index in [2.05, 4.69) is 15.3 Å². The van der Waals surface area contributed by atoms with E-state index in [1.165, 1.54) is 48.7 Å². The predicted octanol–water partition coefficient (Wildman–Crippen LogP) is 6.39. The lowest BCUT2D eigenvalue weighted by atomic mass is 10.1. The first-order valence-corrected chi connectivity index (χ1v) is 10.4. The number of aromatic nitrogens is 3. The number of imidazole rings is 1. The summed E-state index contributed by atoms with van der Waals surface area (Å²) in [5.74, 6) is -2.74. The van der Waals surface area contributed by atoms with Crippen LogP contribution in [0.25, 0.3) is 28.2 Å². The van der Waals surface area contributed by atoms with E-state index in [1.54, 1.807) is 28.8 Å². The van der Waals surface area contributed by atoms with E-state index in [-0.39, 0.29) is 22.1 Å². The molecule has 5 nitrogen and oxygen atoms in total. The van der Waals surface area contributed by atoms with Gasteiger partial charge in [0.25, 0.3) is 5.91 Å². The second-order valence-electron chi connectivity index (χ2n) is 7.35. The van der Waals surface area contributed by atoms with Crippen molar-refractivity contribution in [3.8, 4) is 22.6 Å². The molecule has 168 valence electrons. The second-order valence-corrected chi connectivity index (χ2v) is 7.76. The molecule has 0 aliphatic heterocycles. The SMILES string of the molecule is O=C(Nc1ccc(F)cc1)c1nc(-c2cccn3c(-c4cccc(F)c4F)ncc23)ccc1Cl. The fraction of sp³-hybridized carbons (Fsp3) is 0. The molecule has 0 fully saturated rings. The van der Waals surface area contributed by atoms with Crippen molar-refractivity contribution in [1.29, 1.82) is 0 Å². The molecule has 0 aliphatic rings. The lowest BCUT2D eigenvalue weighted by molar-refractivity contribution is 0.102. The fourth-order valence-electron chi connectivity index (χ4n) is 3.59. The highest BCUT2D eigenvalue weighted by atomic mass is 35.5. The number of halogens is 4. The molecule has 3 heterocycles. The third kappa shape index (κ3) is 3.88. The number of pyridine rings is 2. The van der Waals surface area contributed by atoms with Crippen LogP contribution in [0.3, 0.4) is 0 Å². The molecule has 0 saturated heterocycles. The molecular formula is C25H14ClF3N4O. The monoisotopic (exact) mass is 478 g/mol. The van der Waals surface area contributed by atoms with E-state index >= 15 is 0 Å². The van der Waals surface area contributed by atoms with Crippen LogP contribution >= 0.6 is 11.6 Å². The van der Waals surface area contributed by atoms with E-state index in [9.17, 15) is 18.0 Å². The molecule has 2 aromatic carbocycles. The minimum absolute atomic E-state index is 0.0144. The Labute approximate surface area is 196 Å². The topological polar surface area (TPSA) is 59.3 Å². The van der Waals surface area contributed by atoms with Gasteiger partial charge in [0.1, 0.15) is 17.3 Å². The van der Waals surface area contributed by atoms with Gasteiger partial charge in [-0.05, 0) is 60.7 Å². The van der Waals surface area contributed by atoms with Gasteiger partial charge < -0.3 is 5.32 Å². The van der Waals surface area contributed by atoms with Gasteiger partial charge in [0.15, 0.2) is 11.6 Å². The summed E-state index contributed by atoms with van der Waals surface area (Å²) in [5, 5.41) is 2.76. The molecule has 0 bridgehead atoms. The Morgan fingerprint density at radius 3 is 2.47 bits per heavy atom. The number of hydrogen-bond donors (Lipinski definition) is 1. The van der Waals surface area contributed by atoms with Crippen LogP contribution < -0.4 is 5.32 Å². The highest BCUT2D eigenvalue weighted by molar-refractivity contribution is 6.34. The Morgan fingerprint density at radius 2 is 1.68 bits per heavy atom. The van der Waals surface area contributed by atoms with Crippen molar-refractivity contribution in [3.63, 3.8) is 0 Å². The zero-order chi connectivity index (χ0) is 23.8. The molecule has 5 rings (SSSR count). The summed E-state index contributed by atoms with van der Waals surface area (Å²) in [6.45, 7) is 0. The van der Waals surface area contributed by atoms with Crippen molar-refractivity contribution < 1.29 is 18.0 Å². The number of nitrogens with zero attached hydrogens (tertiary/aromatic N) is 3. The first-order valence-electron chi connectivity index (χ1n) is 10.1. The zero-order valence-corrected chi connectivity index (χ0v) is 18.0. The number of fused-ring (bicyclic) bond motifs is 1. The van der Waals surface area contributed by atoms with Gasteiger partial charge in [-0.15, -0.1) is 0 Å². The minimum atomic E-state index is -0.996. The summed E-state index contributed by atoms with van der Waals surface area (Å²) in [7, 11) is 0. The Bertz CT molecular complexity index is 1550. The van der Waals surface area contributed by atoms with Gasteiger partial charge in [-0.1, -0.05) is 17.7 Å². The number of hydrogen-bond acceptors (Lipinski definition) is 3. The van der Waals surface area contributed by atoms with Gasteiger partial charge in [0, 0.05) is 17.4 Å². The Kier molecular flexibility index (Phi) is 5.51. The molecule has 9 heteroatoms. The van der Waals surface area contributed by atoms with Crippen molar-refractivity contribution >= 4 is 28.7 Å². The van der Waals surface area contributed by atoms with Gasteiger partial charge in [-0.25, -0.2) is 23.1 Å². The van der Waals surface area contributed by atoms with Gasteiger partial charge in [0.2, 0.25) is 0 Å². The van der Waals surface area contributed by atoms with Crippen molar-refractivity contribution in [1.82, 2.24) is 14.4 Å². The molecule has 0 atom stereocenters. The van der Waals surface area contributed by atoms with E-state index in [0.717, 1.165) is 6.07 Å². The number of amides is 1. The fourth-order valence-corrected chi connectivity index (χ4v) is 3.78. The molecule has 0 spiro atoms. The van der Waals surface area contributed by atoms with Gasteiger partial charge in [-0.3, -0.25) is 9.20 Å². The molecule has 3 aromatic heterocycles. The van der Waals surface area contributed by atoms with Crippen LogP contribution in [0.2, 0.25) is 5.02 Å². The van der Waals surface area contributed by atoms with Gasteiger partial charge >= 0.3 is 0 Å². The molecular weight excluding hydrogens is 465 g/mol. The van der Waals surface area contributed by atoms with Gasteiger partial charge in [-0.2, -0.15) is 0 Å². The standard InChI is InChI=1S/C25H14ClF3N4O/c26-18-10-11-20(32-23(18)25(34)31-15-8-6-14(27)7-9-15)16-4-2-12-33-21(16)13-30-24(33)17-3-1-5-19(28)22(17)29/h1-13H,(H,31,34). The summed E-state index contributed by atoms with van der Waals surface area (Å²) in [4.78, 5) is 21.5. The highest BCUT2D eigenvalue weighted by Gasteiger charge is 2.18. The van der Waals surface area contributed by atoms with Crippen molar-refractivity contribution in [2.24, 2.45) is 0 Å². The number of nitrogens with one attached hydrogen (secondary N) is 1. The molecule has 5 aromatic rings. The summed E-state index contributed by atoms with van der Waals surface area (Å²) < 4.78 is 42.9. The quantitative estimate of drug-likeness (QED) is 0.326. The first-order chi connectivity index (χ1) is 16.4. The van der Waals surface area contributed by atoms with Crippen LogP contribution in [-0.4, -0.2) is 20.3 Å². The van der Waals surface area contributed by atoms with Crippen LogP contribution in [-0.2, 0) is 0 Å². The van der Waals surface area contributed by atoms with E-state index in [1.807, 2.05) is 0 Å². The lowest BCUT2D eigenvalue weighted by Crippen LogP contribution is -2.14. The molecule has 34 heavy (non-hydrogen) atoms. The van der Waals surface area contributed by atoms with Crippen molar-refractivity contribution in [3.05, 3.63) is 107 Å². The minimum Gasteiger partial charge on any atom is -0.321 e. The number of rotatable bonds is 4. The number of carbonyl (C=O) groups is 1. The van der Waals surface area contributed by atoms with Crippen LogP contribution in [0.15, 0.2) is 79.1 Å². The van der Waals surface area contributed by atoms with Crippen LogP contribution in [0.5, 0.6) is 0 Å². The van der Waals surface area contributed by atoms with E-state index in [4.69, 9.17) is 11.6 Å². The highest BCUT2D eigenvalue weighted by Crippen LogP contribution is 2.30. The molecule has 0 aliphatic carbocycles. The average Bonchev–Trinajstić information content (AvgIpc) is 3.27. The van der Waals surface area contributed by atoms with Gasteiger partial charge in [0.05, 0.1) is 28.0 Å². The molecule has 0 unspecified atom stereocenters. The summed E-state index contributed by atoms with van der Waals surface area (Å²) >= 11 is 6.23. The maximum Gasteiger partial charge on any atom is 0.275 e. The summed E-state index contributed by atoms with van der Waals surface area (Å²) in [6, 6.07) is 15.8. The maximum atomic E-state index is 14.4. The zero-order valence-electron chi connectivity index (χ0n) is 17.3. The van der Waals surface area contributed by atoms with Crippen LogP contribution in [0.1, 0.15) is 10.5 Å². The molecule has 0 radical (unpaired) electrons. The Morgan fingerprint density at radius 1 is 0.912 bits per heavy atom. The van der Waals surface area contributed by atoms with E-state index < -0.39 is 23.4 Å². The lowest BCUT2D eigenvalue weighted by Gasteiger charge is -2.10. The van der Waals surface area contributed by atoms with Crippen molar-refractivity contribution in [2.45, 2.75) is 0 Å².